The zero-order chi connectivity index (χ0) is 11.0. The van der Waals surface area contributed by atoms with Crippen molar-refractivity contribution in [3.63, 3.8) is 0 Å². The Hall–Kier alpha value is -0.0600. The smallest absolute Gasteiger partial charge is 0.135 e. The van der Waals surface area contributed by atoms with E-state index in [-0.39, 0.29) is 11.8 Å². The maximum atomic E-state index is 9.93. The number of hydrogen-bond donors (Lipinski definition) is 2. The van der Waals surface area contributed by atoms with Gasteiger partial charge in [0, 0.05) is 16.1 Å². The SMILES string of the molecule is N[C@@H](CC1CC1)c1c(Br)ccc(Br)c1O. The average molecular weight is 335 g/mol. The van der Waals surface area contributed by atoms with Crippen LogP contribution in [0.25, 0.3) is 0 Å². The minimum absolute atomic E-state index is 0.0793. The molecule has 1 atom stereocenters. The highest BCUT2D eigenvalue weighted by Gasteiger charge is 2.27. The van der Waals surface area contributed by atoms with Gasteiger partial charge in [0.1, 0.15) is 5.75 Å². The van der Waals surface area contributed by atoms with Gasteiger partial charge in [-0.15, -0.1) is 0 Å². The first-order chi connectivity index (χ1) is 7.09. The van der Waals surface area contributed by atoms with Crippen LogP contribution in [0.15, 0.2) is 21.1 Å². The number of phenols is 1. The van der Waals surface area contributed by atoms with Crippen molar-refractivity contribution in [2.24, 2.45) is 11.7 Å². The van der Waals surface area contributed by atoms with E-state index < -0.39 is 0 Å². The van der Waals surface area contributed by atoms with Crippen LogP contribution in [0, 0.1) is 5.92 Å². The van der Waals surface area contributed by atoms with E-state index in [1.165, 1.54) is 12.8 Å². The van der Waals surface area contributed by atoms with Gasteiger partial charge in [-0.05, 0) is 40.4 Å². The molecule has 0 heterocycles. The predicted molar refractivity (Wildman–Crippen MR) is 67.8 cm³/mol. The van der Waals surface area contributed by atoms with Gasteiger partial charge in [0.15, 0.2) is 0 Å². The van der Waals surface area contributed by atoms with Crippen LogP contribution in [-0.4, -0.2) is 5.11 Å². The highest BCUT2D eigenvalue weighted by atomic mass is 79.9. The number of benzene rings is 1. The fourth-order valence-corrected chi connectivity index (χ4v) is 2.70. The standard InChI is InChI=1S/C11H13Br2NO/c12-7-3-4-8(13)11(15)10(7)9(14)5-6-1-2-6/h3-4,6,9,15H,1-2,5,14H2/t9-/m0/s1. The number of phenolic OH excluding ortho intramolecular Hbond substituents is 1. The number of hydrogen-bond acceptors (Lipinski definition) is 2. The van der Waals surface area contributed by atoms with Crippen LogP contribution in [-0.2, 0) is 0 Å². The zero-order valence-electron chi connectivity index (χ0n) is 8.21. The van der Waals surface area contributed by atoms with E-state index in [1.807, 2.05) is 12.1 Å². The summed E-state index contributed by atoms with van der Waals surface area (Å²) in [5.41, 5.74) is 6.91. The van der Waals surface area contributed by atoms with Gasteiger partial charge in [0.05, 0.1) is 4.47 Å². The molecular formula is C11H13Br2NO. The summed E-state index contributed by atoms with van der Waals surface area (Å²) in [6.07, 6.45) is 3.52. The zero-order valence-corrected chi connectivity index (χ0v) is 11.4. The summed E-state index contributed by atoms with van der Waals surface area (Å²) < 4.78 is 1.59. The van der Waals surface area contributed by atoms with Crippen molar-refractivity contribution in [2.75, 3.05) is 0 Å². The minimum Gasteiger partial charge on any atom is -0.506 e. The molecule has 3 N–H and O–H groups in total. The second-order valence-corrected chi connectivity index (χ2v) is 5.79. The van der Waals surface area contributed by atoms with Crippen LogP contribution < -0.4 is 5.73 Å². The van der Waals surface area contributed by atoms with E-state index in [0.717, 1.165) is 22.4 Å². The molecule has 1 saturated carbocycles. The van der Waals surface area contributed by atoms with Gasteiger partial charge in [-0.3, -0.25) is 0 Å². The molecule has 0 bridgehead atoms. The molecule has 2 rings (SSSR count). The molecule has 1 aromatic carbocycles. The summed E-state index contributed by atoms with van der Waals surface area (Å²) in [6, 6.07) is 3.64. The van der Waals surface area contributed by atoms with Gasteiger partial charge in [0.25, 0.3) is 0 Å². The van der Waals surface area contributed by atoms with E-state index >= 15 is 0 Å². The molecule has 1 aliphatic rings. The number of aromatic hydroxyl groups is 1. The maximum Gasteiger partial charge on any atom is 0.135 e. The third-order valence-corrected chi connectivity index (χ3v) is 4.10. The predicted octanol–water partition coefficient (Wildman–Crippen LogP) is 3.72. The summed E-state index contributed by atoms with van der Waals surface area (Å²) in [4.78, 5) is 0. The fourth-order valence-electron chi connectivity index (χ4n) is 1.74. The highest BCUT2D eigenvalue weighted by Crippen LogP contribution is 2.42. The Morgan fingerprint density at radius 1 is 1.33 bits per heavy atom. The average Bonchev–Trinajstić information content (AvgIpc) is 2.96. The summed E-state index contributed by atoms with van der Waals surface area (Å²) >= 11 is 6.74. The van der Waals surface area contributed by atoms with Gasteiger partial charge in [0.2, 0.25) is 0 Å². The van der Waals surface area contributed by atoms with Crippen molar-refractivity contribution in [3.05, 3.63) is 26.6 Å². The van der Waals surface area contributed by atoms with Gasteiger partial charge in [-0.2, -0.15) is 0 Å². The van der Waals surface area contributed by atoms with Crippen LogP contribution in [0.1, 0.15) is 30.9 Å². The summed E-state index contributed by atoms with van der Waals surface area (Å²) in [7, 11) is 0. The number of rotatable bonds is 3. The molecule has 82 valence electrons. The van der Waals surface area contributed by atoms with Gasteiger partial charge >= 0.3 is 0 Å². The van der Waals surface area contributed by atoms with E-state index in [2.05, 4.69) is 31.9 Å². The van der Waals surface area contributed by atoms with Crippen molar-refractivity contribution in [1.29, 1.82) is 0 Å². The summed E-state index contributed by atoms with van der Waals surface area (Å²) in [5.74, 6) is 1.02. The van der Waals surface area contributed by atoms with E-state index in [0.29, 0.717) is 4.47 Å². The van der Waals surface area contributed by atoms with Crippen molar-refractivity contribution in [2.45, 2.75) is 25.3 Å². The van der Waals surface area contributed by atoms with Crippen LogP contribution in [0.5, 0.6) is 5.75 Å². The highest BCUT2D eigenvalue weighted by molar-refractivity contribution is 9.11. The first-order valence-electron chi connectivity index (χ1n) is 5.02. The lowest BCUT2D eigenvalue weighted by Gasteiger charge is -2.16. The Labute approximate surface area is 106 Å². The first-order valence-corrected chi connectivity index (χ1v) is 6.60. The van der Waals surface area contributed by atoms with Crippen LogP contribution in [0.3, 0.4) is 0 Å². The lowest BCUT2D eigenvalue weighted by molar-refractivity contribution is 0.451. The molecule has 0 radical (unpaired) electrons. The molecule has 2 nitrogen and oxygen atoms in total. The second-order valence-electron chi connectivity index (χ2n) is 4.08. The molecule has 1 aliphatic carbocycles. The minimum atomic E-state index is -0.0793. The van der Waals surface area contributed by atoms with E-state index in [9.17, 15) is 5.11 Å². The van der Waals surface area contributed by atoms with Crippen LogP contribution in [0.4, 0.5) is 0 Å². The summed E-state index contributed by atoms with van der Waals surface area (Å²) in [6.45, 7) is 0. The normalized spacial score (nSPS) is 17.8. The molecule has 0 aromatic heterocycles. The quantitative estimate of drug-likeness (QED) is 0.885. The topological polar surface area (TPSA) is 46.2 Å². The monoisotopic (exact) mass is 333 g/mol. The summed E-state index contributed by atoms with van der Waals surface area (Å²) in [5, 5.41) is 9.93. The molecule has 4 heteroatoms. The first kappa shape index (κ1) is 11.4. The molecule has 0 spiro atoms. The largest absolute Gasteiger partial charge is 0.506 e. The molecule has 0 saturated heterocycles. The Balaban J connectivity index is 2.27. The second kappa shape index (κ2) is 4.44. The molecule has 0 aliphatic heterocycles. The van der Waals surface area contributed by atoms with Crippen molar-refractivity contribution >= 4 is 31.9 Å². The van der Waals surface area contributed by atoms with Gasteiger partial charge in [-0.1, -0.05) is 28.8 Å². The van der Waals surface area contributed by atoms with Crippen molar-refractivity contribution < 1.29 is 5.11 Å². The van der Waals surface area contributed by atoms with Crippen LogP contribution in [0.2, 0.25) is 0 Å². The maximum absolute atomic E-state index is 9.93. The Bertz CT molecular complexity index is 377. The molecule has 0 unspecified atom stereocenters. The molecule has 15 heavy (non-hydrogen) atoms. The molecule has 1 aromatic rings. The number of nitrogens with two attached hydrogens (primary N) is 1. The Morgan fingerprint density at radius 3 is 2.53 bits per heavy atom. The lowest BCUT2D eigenvalue weighted by Crippen LogP contribution is -2.12. The molecule has 1 fully saturated rings. The lowest BCUT2D eigenvalue weighted by atomic mass is 10.0. The van der Waals surface area contributed by atoms with Crippen LogP contribution >= 0.6 is 31.9 Å². The molecule has 0 amide bonds. The Kier molecular flexibility index (Phi) is 3.38. The third kappa shape index (κ3) is 2.55. The van der Waals surface area contributed by atoms with Gasteiger partial charge in [-0.25, -0.2) is 0 Å². The van der Waals surface area contributed by atoms with Gasteiger partial charge < -0.3 is 10.8 Å². The number of halogens is 2. The van der Waals surface area contributed by atoms with E-state index in [4.69, 9.17) is 5.73 Å². The van der Waals surface area contributed by atoms with Crippen molar-refractivity contribution in [1.82, 2.24) is 0 Å². The van der Waals surface area contributed by atoms with E-state index in [1.54, 1.807) is 0 Å². The Morgan fingerprint density at radius 2 is 1.93 bits per heavy atom. The third-order valence-electron chi connectivity index (χ3n) is 2.77. The molecular weight excluding hydrogens is 322 g/mol. The fraction of sp³-hybridized carbons (Fsp3) is 0.455. The van der Waals surface area contributed by atoms with Crippen molar-refractivity contribution in [3.8, 4) is 5.75 Å².